The van der Waals surface area contributed by atoms with Gasteiger partial charge in [0.15, 0.2) is 0 Å². The van der Waals surface area contributed by atoms with Gasteiger partial charge in [-0.05, 0) is 47.3 Å². The first-order valence-electron chi connectivity index (χ1n) is 5.62. The van der Waals surface area contributed by atoms with Crippen LogP contribution in [0.4, 0.5) is 0 Å². The van der Waals surface area contributed by atoms with Crippen LogP contribution in [-0.2, 0) is 4.53 Å². The van der Waals surface area contributed by atoms with E-state index in [0.29, 0.717) is 0 Å². The van der Waals surface area contributed by atoms with Gasteiger partial charge in [0.05, 0.1) is 6.07 Å². The Morgan fingerprint density at radius 2 is 1.81 bits per heavy atom. The molecule has 0 saturated heterocycles. The smallest absolute Gasteiger partial charge is 0.212 e. The molecule has 0 rings (SSSR count). The molecule has 0 spiro atoms. The monoisotopic (exact) mass is 240 g/mol. The molecule has 16 heavy (non-hydrogen) atoms. The lowest BCUT2D eigenvalue weighted by Gasteiger charge is -2.40. The van der Waals surface area contributed by atoms with Gasteiger partial charge in [0, 0.05) is 5.54 Å². The van der Waals surface area contributed by atoms with Crippen LogP contribution in [0, 0.1) is 11.3 Å². The number of hydrogen-bond acceptors (Lipinski definition) is 3. The molecule has 0 aromatic rings. The topological polar surface area (TPSA) is 36.3 Å². The van der Waals surface area contributed by atoms with Crippen LogP contribution in [0.3, 0.4) is 0 Å². The zero-order chi connectivity index (χ0) is 13.0. The minimum atomic E-state index is -1.70. The van der Waals surface area contributed by atoms with Gasteiger partial charge < -0.3 is 4.53 Å². The average Bonchev–Trinajstić information content (AvgIpc) is 2.07. The quantitative estimate of drug-likeness (QED) is 0.430. The van der Waals surface area contributed by atoms with Crippen LogP contribution in [0.1, 0.15) is 27.7 Å². The lowest BCUT2D eigenvalue weighted by atomic mass is 10.1. The van der Waals surface area contributed by atoms with Gasteiger partial charge in [0.2, 0.25) is 8.32 Å². The summed E-state index contributed by atoms with van der Waals surface area (Å²) in [6.45, 7) is 14.4. The first-order chi connectivity index (χ1) is 7.11. The second-order valence-electron chi connectivity index (χ2n) is 5.80. The van der Waals surface area contributed by atoms with Crippen LogP contribution in [0.2, 0.25) is 19.6 Å². The van der Waals surface area contributed by atoms with Crippen molar-refractivity contribution in [2.75, 3.05) is 0 Å². The maximum atomic E-state index is 9.18. The van der Waals surface area contributed by atoms with E-state index in [2.05, 4.69) is 46.5 Å². The number of hydrogen-bond donors (Lipinski definition) is 0. The molecule has 0 aliphatic heterocycles. The molecule has 0 N–H and O–H groups in total. The molecule has 0 radical (unpaired) electrons. The first-order valence-corrected chi connectivity index (χ1v) is 9.03. The fourth-order valence-corrected chi connectivity index (χ4v) is 2.24. The normalized spacial score (nSPS) is 15.4. The lowest BCUT2D eigenvalue weighted by molar-refractivity contribution is -0.142. The van der Waals surface area contributed by atoms with E-state index in [4.69, 9.17) is 4.53 Å². The Morgan fingerprint density at radius 1 is 1.31 bits per heavy atom. The van der Waals surface area contributed by atoms with E-state index < -0.39 is 8.32 Å². The van der Waals surface area contributed by atoms with Crippen LogP contribution in [0.15, 0.2) is 12.2 Å². The highest BCUT2D eigenvalue weighted by Gasteiger charge is 2.33. The summed E-state index contributed by atoms with van der Waals surface area (Å²) in [5.41, 5.74) is -0.180. The van der Waals surface area contributed by atoms with Gasteiger partial charge >= 0.3 is 0 Å². The maximum Gasteiger partial charge on any atom is 0.212 e. The Kier molecular flexibility index (Phi) is 5.40. The third-order valence-corrected chi connectivity index (χ3v) is 2.54. The largest absolute Gasteiger partial charge is 0.341 e. The predicted molar refractivity (Wildman–Crippen MR) is 70.2 cm³/mol. The predicted octanol–water partition coefficient (Wildman–Crippen LogP) is 3.32. The summed E-state index contributed by atoms with van der Waals surface area (Å²) in [6, 6.07) is 1.95. The molecule has 0 saturated carbocycles. The number of nitriles is 1. The van der Waals surface area contributed by atoms with Crippen molar-refractivity contribution < 1.29 is 4.53 Å². The number of hydroxylamine groups is 2. The second-order valence-corrected chi connectivity index (χ2v) is 10.2. The van der Waals surface area contributed by atoms with Gasteiger partial charge in [-0.3, -0.25) is 0 Å². The van der Waals surface area contributed by atoms with Crippen LogP contribution in [0.25, 0.3) is 0 Å². The highest BCUT2D eigenvalue weighted by molar-refractivity contribution is 6.69. The average molecular weight is 240 g/mol. The molecule has 1 unspecified atom stereocenters. The van der Waals surface area contributed by atoms with Crippen molar-refractivity contribution in [3.8, 4) is 6.07 Å². The molecule has 0 heterocycles. The molecule has 0 aliphatic rings. The molecule has 4 heteroatoms. The van der Waals surface area contributed by atoms with Gasteiger partial charge in [0.25, 0.3) is 0 Å². The van der Waals surface area contributed by atoms with Crippen molar-refractivity contribution in [2.24, 2.45) is 0 Å². The van der Waals surface area contributed by atoms with E-state index in [1.807, 2.05) is 24.1 Å². The molecule has 0 aliphatic carbocycles. The van der Waals surface area contributed by atoms with Gasteiger partial charge in [-0.2, -0.15) is 10.3 Å². The van der Waals surface area contributed by atoms with Gasteiger partial charge in [0.1, 0.15) is 6.04 Å². The van der Waals surface area contributed by atoms with Crippen molar-refractivity contribution in [1.29, 1.82) is 5.26 Å². The Hall–Kier alpha value is -0.633. The third-order valence-electron chi connectivity index (χ3n) is 1.79. The third kappa shape index (κ3) is 5.45. The van der Waals surface area contributed by atoms with Crippen molar-refractivity contribution in [3.63, 3.8) is 0 Å². The Bertz CT molecular complexity index is 281. The van der Waals surface area contributed by atoms with Crippen molar-refractivity contribution in [2.45, 2.75) is 58.9 Å². The van der Waals surface area contributed by atoms with Gasteiger partial charge in [-0.15, -0.1) is 0 Å². The Balaban J connectivity index is 5.03. The van der Waals surface area contributed by atoms with E-state index in [1.54, 1.807) is 0 Å². The molecule has 0 aromatic heterocycles. The summed E-state index contributed by atoms with van der Waals surface area (Å²) in [7, 11) is -1.70. The second kappa shape index (κ2) is 5.62. The van der Waals surface area contributed by atoms with E-state index >= 15 is 0 Å². The summed E-state index contributed by atoms with van der Waals surface area (Å²) in [6.07, 6.45) is 3.76. The highest BCUT2D eigenvalue weighted by Crippen LogP contribution is 2.22. The zero-order valence-corrected chi connectivity index (χ0v) is 12.5. The number of rotatable bonds is 4. The highest BCUT2D eigenvalue weighted by atomic mass is 28.4. The van der Waals surface area contributed by atoms with Crippen LogP contribution in [-0.4, -0.2) is 25.0 Å². The minimum absolute atomic E-state index is 0.180. The number of nitrogens with zero attached hydrogens (tertiary/aromatic N) is 2. The van der Waals surface area contributed by atoms with Crippen molar-refractivity contribution in [3.05, 3.63) is 12.2 Å². The Labute approximate surface area is 101 Å². The first kappa shape index (κ1) is 15.4. The minimum Gasteiger partial charge on any atom is -0.341 e. The molecule has 92 valence electrons. The summed E-state index contributed by atoms with van der Waals surface area (Å²) in [5.74, 6) is 0. The summed E-state index contributed by atoms with van der Waals surface area (Å²) in [4.78, 5) is 0. The van der Waals surface area contributed by atoms with Crippen LogP contribution in [0.5, 0.6) is 0 Å². The summed E-state index contributed by atoms with van der Waals surface area (Å²) in [5, 5.41) is 11.0. The van der Waals surface area contributed by atoms with Crippen LogP contribution < -0.4 is 0 Å². The molecular formula is C12H24N2OSi. The van der Waals surface area contributed by atoms with E-state index in [-0.39, 0.29) is 11.6 Å². The molecule has 0 amide bonds. The van der Waals surface area contributed by atoms with Gasteiger partial charge in [-0.1, -0.05) is 12.2 Å². The number of allylic oxidation sites excluding steroid dienone is 1. The standard InChI is InChI=1S/C12H24N2OSi/c1-8-9-11(10-13)14(12(2,3)4)15-16(5,6)7/h8-9,11H,1-7H3/b9-8+. The molecule has 3 nitrogen and oxygen atoms in total. The van der Waals surface area contributed by atoms with Crippen molar-refractivity contribution >= 4 is 8.32 Å². The molecule has 0 bridgehead atoms. The molecule has 0 fully saturated rings. The SMILES string of the molecule is C/C=C/C(C#N)N(O[Si](C)(C)C)C(C)(C)C. The van der Waals surface area contributed by atoms with Crippen LogP contribution >= 0.6 is 0 Å². The fraction of sp³-hybridized carbons (Fsp3) is 0.750. The van der Waals surface area contributed by atoms with E-state index in [9.17, 15) is 5.26 Å². The van der Waals surface area contributed by atoms with E-state index in [1.165, 1.54) is 0 Å². The summed E-state index contributed by atoms with van der Waals surface area (Å²) < 4.78 is 6.01. The van der Waals surface area contributed by atoms with E-state index in [0.717, 1.165) is 0 Å². The molecule has 1 atom stereocenters. The fourth-order valence-electron chi connectivity index (χ4n) is 1.26. The maximum absolute atomic E-state index is 9.18. The van der Waals surface area contributed by atoms with Crippen molar-refractivity contribution in [1.82, 2.24) is 5.06 Å². The van der Waals surface area contributed by atoms with Gasteiger partial charge in [-0.25, -0.2) is 0 Å². The molecule has 0 aromatic carbocycles. The summed E-state index contributed by atoms with van der Waals surface area (Å²) >= 11 is 0. The Morgan fingerprint density at radius 3 is 2.06 bits per heavy atom. The molecular weight excluding hydrogens is 216 g/mol. The lowest BCUT2D eigenvalue weighted by Crippen LogP contribution is -2.51. The zero-order valence-electron chi connectivity index (χ0n) is 11.5.